The molecule has 9 heteroatoms. The van der Waals surface area contributed by atoms with Crippen molar-refractivity contribution >= 4 is 23.7 Å². The molecule has 4 atom stereocenters. The van der Waals surface area contributed by atoms with Crippen molar-refractivity contribution in [3.63, 3.8) is 0 Å². The summed E-state index contributed by atoms with van der Waals surface area (Å²) in [6, 6.07) is 6.55. The van der Waals surface area contributed by atoms with Crippen LogP contribution in [0.3, 0.4) is 0 Å². The van der Waals surface area contributed by atoms with Crippen LogP contribution in [-0.4, -0.2) is 47.0 Å². The molecule has 5 N–H and O–H groups in total. The maximum atomic E-state index is 12.6. The standard InChI is InChI=1S/C20H27N3O6/c1-12(24)16(23-20(28)29-11-13-6-3-2-4-7-13)19(27)22-17(18(21)26)14-8-5-9-15(25)10-14/h2-4,6-7,12,14,16-17,24H,5,8-11H2,1H3,(H2,21,26)(H,22,27)(H,23,28)/t12-,14+,16+,17-/m1/s1. The number of hydrogen-bond donors (Lipinski definition) is 4. The molecule has 1 aromatic rings. The van der Waals surface area contributed by atoms with Gasteiger partial charge in [-0.15, -0.1) is 0 Å². The molecule has 0 heterocycles. The van der Waals surface area contributed by atoms with Crippen LogP contribution in [0.15, 0.2) is 30.3 Å². The molecular formula is C20H27N3O6. The van der Waals surface area contributed by atoms with Crippen molar-refractivity contribution in [3.05, 3.63) is 35.9 Å². The molecule has 0 aromatic heterocycles. The number of benzene rings is 1. The summed E-state index contributed by atoms with van der Waals surface area (Å²) in [7, 11) is 0. The number of ether oxygens (including phenoxy) is 1. The van der Waals surface area contributed by atoms with Crippen molar-refractivity contribution < 1.29 is 29.0 Å². The van der Waals surface area contributed by atoms with Crippen LogP contribution in [0.1, 0.15) is 38.2 Å². The lowest BCUT2D eigenvalue weighted by Crippen LogP contribution is -2.58. The monoisotopic (exact) mass is 405 g/mol. The molecule has 0 saturated heterocycles. The van der Waals surface area contributed by atoms with Crippen molar-refractivity contribution in [1.29, 1.82) is 0 Å². The summed E-state index contributed by atoms with van der Waals surface area (Å²) < 4.78 is 5.06. The quantitative estimate of drug-likeness (QED) is 0.492. The predicted octanol–water partition coefficient (Wildman–Crippen LogP) is 0.392. The van der Waals surface area contributed by atoms with Gasteiger partial charge in [-0.05, 0) is 31.2 Å². The number of amides is 3. The van der Waals surface area contributed by atoms with Crippen LogP contribution in [0.4, 0.5) is 4.79 Å². The van der Waals surface area contributed by atoms with E-state index in [2.05, 4.69) is 10.6 Å². The zero-order chi connectivity index (χ0) is 21.4. The number of aliphatic hydroxyl groups is 1. The summed E-state index contributed by atoms with van der Waals surface area (Å²) in [5.74, 6) is -1.94. The zero-order valence-electron chi connectivity index (χ0n) is 16.3. The first kappa shape index (κ1) is 22.4. The van der Waals surface area contributed by atoms with Gasteiger partial charge >= 0.3 is 6.09 Å². The van der Waals surface area contributed by atoms with E-state index in [-0.39, 0.29) is 18.8 Å². The Morgan fingerprint density at radius 3 is 2.52 bits per heavy atom. The van der Waals surface area contributed by atoms with E-state index in [0.29, 0.717) is 19.3 Å². The third kappa shape index (κ3) is 6.86. The number of nitrogens with two attached hydrogens (primary N) is 1. The minimum atomic E-state index is -1.35. The first-order chi connectivity index (χ1) is 13.8. The number of nitrogens with one attached hydrogen (secondary N) is 2. The number of primary amides is 1. The number of Topliss-reactive ketones (excluding diaryl/α,β-unsaturated/α-hetero) is 1. The molecule has 1 aliphatic carbocycles. The smallest absolute Gasteiger partial charge is 0.408 e. The van der Waals surface area contributed by atoms with Gasteiger partial charge < -0.3 is 26.2 Å². The molecule has 1 saturated carbocycles. The van der Waals surface area contributed by atoms with Crippen LogP contribution < -0.4 is 16.4 Å². The number of alkyl carbamates (subject to hydrolysis) is 1. The van der Waals surface area contributed by atoms with E-state index in [1.807, 2.05) is 6.07 Å². The molecule has 29 heavy (non-hydrogen) atoms. The number of carbonyl (C=O) groups is 4. The van der Waals surface area contributed by atoms with E-state index in [9.17, 15) is 24.3 Å². The summed E-state index contributed by atoms with van der Waals surface area (Å²) in [4.78, 5) is 48.2. The van der Waals surface area contributed by atoms with Gasteiger partial charge in [0.05, 0.1) is 6.10 Å². The topological polar surface area (TPSA) is 148 Å². The Balaban J connectivity index is 1.96. The Morgan fingerprint density at radius 1 is 1.24 bits per heavy atom. The lowest BCUT2D eigenvalue weighted by Gasteiger charge is -2.30. The van der Waals surface area contributed by atoms with Crippen molar-refractivity contribution in [2.24, 2.45) is 11.7 Å². The third-order valence-corrected chi connectivity index (χ3v) is 4.85. The molecule has 0 unspecified atom stereocenters. The SMILES string of the molecule is C[C@@H](O)[C@H](NC(=O)OCc1ccccc1)C(=O)N[C@@H](C(N)=O)[C@H]1CCCC(=O)C1. The van der Waals surface area contributed by atoms with Crippen LogP contribution in [0.5, 0.6) is 0 Å². The number of carbonyl (C=O) groups excluding carboxylic acids is 4. The molecule has 9 nitrogen and oxygen atoms in total. The van der Waals surface area contributed by atoms with Gasteiger partial charge in [-0.25, -0.2) is 4.79 Å². The van der Waals surface area contributed by atoms with E-state index in [1.54, 1.807) is 24.3 Å². The van der Waals surface area contributed by atoms with Crippen LogP contribution in [-0.2, 0) is 25.7 Å². The number of ketones is 1. The van der Waals surface area contributed by atoms with Gasteiger partial charge in [-0.2, -0.15) is 0 Å². The van der Waals surface area contributed by atoms with E-state index < -0.39 is 42.0 Å². The number of aliphatic hydroxyl groups excluding tert-OH is 1. The molecule has 0 spiro atoms. The largest absolute Gasteiger partial charge is 0.445 e. The average Bonchev–Trinajstić information content (AvgIpc) is 2.68. The van der Waals surface area contributed by atoms with Gasteiger partial charge in [-0.3, -0.25) is 14.4 Å². The molecule has 0 bridgehead atoms. The van der Waals surface area contributed by atoms with Crippen molar-refractivity contribution in [2.75, 3.05) is 0 Å². The third-order valence-electron chi connectivity index (χ3n) is 4.85. The molecule has 1 aromatic carbocycles. The maximum Gasteiger partial charge on any atom is 0.408 e. The Morgan fingerprint density at radius 2 is 1.93 bits per heavy atom. The molecule has 158 valence electrons. The first-order valence-electron chi connectivity index (χ1n) is 9.54. The number of rotatable bonds is 8. The Kier molecular flexibility index (Phi) is 8.14. The second-order valence-electron chi connectivity index (χ2n) is 7.21. The summed E-state index contributed by atoms with van der Waals surface area (Å²) in [5, 5.41) is 14.7. The highest BCUT2D eigenvalue weighted by molar-refractivity contribution is 5.92. The molecule has 0 aliphatic heterocycles. The summed E-state index contributed by atoms with van der Waals surface area (Å²) in [6.45, 7) is 1.32. The summed E-state index contributed by atoms with van der Waals surface area (Å²) >= 11 is 0. The van der Waals surface area contributed by atoms with Gasteiger partial charge in [0.2, 0.25) is 11.8 Å². The minimum absolute atomic E-state index is 0.00504. The molecule has 1 aliphatic rings. The molecule has 1 fully saturated rings. The highest BCUT2D eigenvalue weighted by Gasteiger charge is 2.35. The van der Waals surface area contributed by atoms with Gasteiger partial charge in [0, 0.05) is 12.8 Å². The molecular weight excluding hydrogens is 378 g/mol. The van der Waals surface area contributed by atoms with Gasteiger partial charge in [0.1, 0.15) is 24.5 Å². The predicted molar refractivity (Wildman–Crippen MR) is 103 cm³/mol. The van der Waals surface area contributed by atoms with E-state index in [1.165, 1.54) is 6.92 Å². The van der Waals surface area contributed by atoms with Gasteiger partial charge in [0.15, 0.2) is 0 Å². The fraction of sp³-hybridized carbons (Fsp3) is 0.500. The zero-order valence-corrected chi connectivity index (χ0v) is 16.3. The molecule has 0 radical (unpaired) electrons. The maximum absolute atomic E-state index is 12.6. The second-order valence-corrected chi connectivity index (χ2v) is 7.21. The van der Waals surface area contributed by atoms with Gasteiger partial charge in [-0.1, -0.05) is 30.3 Å². The Bertz CT molecular complexity index is 737. The lowest BCUT2D eigenvalue weighted by molar-refractivity contribution is -0.132. The average molecular weight is 405 g/mol. The Labute approximate surface area is 169 Å². The van der Waals surface area contributed by atoms with Crippen LogP contribution in [0.2, 0.25) is 0 Å². The summed E-state index contributed by atoms with van der Waals surface area (Å²) in [5.41, 5.74) is 6.17. The fourth-order valence-electron chi connectivity index (χ4n) is 3.30. The first-order valence-corrected chi connectivity index (χ1v) is 9.54. The number of hydrogen-bond acceptors (Lipinski definition) is 6. The normalized spacial score (nSPS) is 19.5. The fourth-order valence-corrected chi connectivity index (χ4v) is 3.30. The van der Waals surface area contributed by atoms with Crippen LogP contribution in [0, 0.1) is 5.92 Å². The molecule has 3 amide bonds. The van der Waals surface area contributed by atoms with Crippen molar-refractivity contribution in [2.45, 2.75) is 57.4 Å². The Hall–Kier alpha value is -2.94. The molecule has 2 rings (SSSR count). The van der Waals surface area contributed by atoms with Crippen LogP contribution in [0.25, 0.3) is 0 Å². The second kappa shape index (κ2) is 10.6. The van der Waals surface area contributed by atoms with E-state index >= 15 is 0 Å². The minimum Gasteiger partial charge on any atom is -0.445 e. The van der Waals surface area contributed by atoms with Crippen molar-refractivity contribution in [1.82, 2.24) is 10.6 Å². The van der Waals surface area contributed by atoms with E-state index in [0.717, 1.165) is 5.56 Å². The summed E-state index contributed by atoms with van der Waals surface area (Å²) in [6.07, 6.45) is -0.349. The van der Waals surface area contributed by atoms with Gasteiger partial charge in [0.25, 0.3) is 0 Å². The lowest BCUT2D eigenvalue weighted by atomic mass is 9.82. The highest BCUT2D eigenvalue weighted by atomic mass is 16.5. The van der Waals surface area contributed by atoms with Crippen LogP contribution >= 0.6 is 0 Å². The van der Waals surface area contributed by atoms with Crippen molar-refractivity contribution in [3.8, 4) is 0 Å². The van der Waals surface area contributed by atoms with E-state index in [4.69, 9.17) is 10.5 Å². The highest BCUT2D eigenvalue weighted by Crippen LogP contribution is 2.24.